The third-order valence-electron chi connectivity index (χ3n) is 3.33. The van der Waals surface area contributed by atoms with E-state index in [-0.39, 0.29) is 10.8 Å². The lowest BCUT2D eigenvalue weighted by atomic mass is 10.2. The van der Waals surface area contributed by atoms with Crippen molar-refractivity contribution >= 4 is 32.3 Å². The van der Waals surface area contributed by atoms with Crippen molar-refractivity contribution in [3.8, 4) is 22.9 Å². The second-order valence-electron chi connectivity index (χ2n) is 5.57. The molecular weight excluding hydrogens is 420 g/mol. The molecule has 3 rings (SSSR count). The molecule has 0 N–H and O–H groups in total. The van der Waals surface area contributed by atoms with Gasteiger partial charge < -0.3 is 9.32 Å². The van der Waals surface area contributed by atoms with Crippen molar-refractivity contribution in [2.75, 3.05) is 14.1 Å². The van der Waals surface area contributed by atoms with Crippen molar-refractivity contribution in [2.45, 2.75) is 4.90 Å². The Kier molecular flexibility index (Phi) is 5.19. The second kappa shape index (κ2) is 7.38. The summed E-state index contributed by atoms with van der Waals surface area (Å²) < 4.78 is 35.3. The molecule has 0 amide bonds. The van der Waals surface area contributed by atoms with Gasteiger partial charge in [-0.15, -0.1) is 14.6 Å². The lowest BCUT2D eigenvalue weighted by molar-refractivity contribution is 0.578. The van der Waals surface area contributed by atoms with Crippen LogP contribution in [0.4, 0.5) is 0 Å². The number of sulfonamides is 1. The maximum atomic E-state index is 12.5. The summed E-state index contributed by atoms with van der Waals surface area (Å²) in [6.07, 6.45) is 1.23. The van der Waals surface area contributed by atoms with E-state index in [2.05, 4.69) is 30.5 Å². The zero-order valence-electron chi connectivity index (χ0n) is 14.0. The van der Waals surface area contributed by atoms with Gasteiger partial charge in [0, 0.05) is 24.1 Å². The van der Waals surface area contributed by atoms with Crippen LogP contribution in [0.5, 0.6) is 0 Å². The minimum Gasteiger partial charge on any atom is -0.416 e. The van der Waals surface area contributed by atoms with E-state index in [1.165, 1.54) is 12.4 Å². The van der Waals surface area contributed by atoms with Crippen LogP contribution < -0.4 is 0 Å². The molecule has 3 aromatic rings. The van der Waals surface area contributed by atoms with E-state index in [1.54, 1.807) is 37.2 Å². The van der Waals surface area contributed by atoms with Gasteiger partial charge in [-0.25, -0.2) is 0 Å². The molecule has 0 bridgehead atoms. The van der Waals surface area contributed by atoms with Crippen molar-refractivity contribution in [1.82, 2.24) is 15.1 Å². The first-order valence-electron chi connectivity index (χ1n) is 7.52. The molecule has 0 saturated carbocycles. The monoisotopic (exact) mass is 434 g/mol. The van der Waals surface area contributed by atoms with Crippen molar-refractivity contribution in [2.24, 2.45) is 4.40 Å². The molecule has 0 radical (unpaired) electrons. The highest BCUT2D eigenvalue weighted by molar-refractivity contribution is 9.10. The summed E-state index contributed by atoms with van der Waals surface area (Å²) in [6, 6.07) is 13.7. The zero-order chi connectivity index (χ0) is 18.7. The quantitative estimate of drug-likeness (QED) is 0.451. The molecule has 1 heterocycles. The number of rotatable bonds is 5. The lowest BCUT2D eigenvalue weighted by Crippen LogP contribution is -2.10. The van der Waals surface area contributed by atoms with Crippen LogP contribution in [0.3, 0.4) is 0 Å². The molecule has 0 fully saturated rings. The van der Waals surface area contributed by atoms with Crippen LogP contribution in [-0.2, 0) is 10.0 Å². The van der Waals surface area contributed by atoms with Gasteiger partial charge in [0.05, 0.1) is 5.56 Å². The Morgan fingerprint density at radius 1 is 1.04 bits per heavy atom. The Labute approximate surface area is 159 Å². The van der Waals surface area contributed by atoms with E-state index in [1.807, 2.05) is 24.3 Å². The first-order chi connectivity index (χ1) is 12.4. The number of halogens is 1. The van der Waals surface area contributed by atoms with E-state index in [9.17, 15) is 8.42 Å². The standard InChI is InChI=1S/C17H15BrN4O3S/c1-22(2)11-19-26(23,24)15-6-4-3-5-14(15)17-21-20-16(25-17)12-7-9-13(18)10-8-12/h3-11H,1-2H3. The van der Waals surface area contributed by atoms with Crippen LogP contribution in [0, 0.1) is 0 Å². The molecule has 2 aromatic carbocycles. The van der Waals surface area contributed by atoms with Crippen LogP contribution >= 0.6 is 15.9 Å². The van der Waals surface area contributed by atoms with Gasteiger partial charge in [-0.2, -0.15) is 8.42 Å². The zero-order valence-corrected chi connectivity index (χ0v) is 16.4. The van der Waals surface area contributed by atoms with Crippen molar-refractivity contribution < 1.29 is 12.8 Å². The fraction of sp³-hybridized carbons (Fsp3) is 0.118. The molecule has 134 valence electrons. The van der Waals surface area contributed by atoms with E-state index in [4.69, 9.17) is 4.42 Å². The van der Waals surface area contributed by atoms with Crippen LogP contribution in [-0.4, -0.2) is 43.9 Å². The molecule has 0 spiro atoms. The molecular formula is C17H15BrN4O3S. The molecule has 0 unspecified atom stereocenters. The van der Waals surface area contributed by atoms with Crippen LogP contribution in [0.15, 0.2) is 66.7 Å². The lowest BCUT2D eigenvalue weighted by Gasteiger charge is -2.06. The molecule has 0 aliphatic carbocycles. The highest BCUT2D eigenvalue weighted by atomic mass is 79.9. The average molecular weight is 435 g/mol. The summed E-state index contributed by atoms with van der Waals surface area (Å²) in [5.41, 5.74) is 1.04. The summed E-state index contributed by atoms with van der Waals surface area (Å²) in [6.45, 7) is 0. The number of hydrogen-bond donors (Lipinski definition) is 0. The van der Waals surface area contributed by atoms with Gasteiger partial charge in [-0.1, -0.05) is 28.1 Å². The van der Waals surface area contributed by atoms with Gasteiger partial charge in [0.25, 0.3) is 10.0 Å². The topological polar surface area (TPSA) is 88.7 Å². The van der Waals surface area contributed by atoms with Crippen molar-refractivity contribution in [3.63, 3.8) is 0 Å². The summed E-state index contributed by atoms with van der Waals surface area (Å²) in [4.78, 5) is 1.54. The largest absolute Gasteiger partial charge is 0.416 e. The fourth-order valence-electron chi connectivity index (χ4n) is 2.12. The number of aromatic nitrogens is 2. The SMILES string of the molecule is CN(C)C=NS(=O)(=O)c1ccccc1-c1nnc(-c2ccc(Br)cc2)o1. The van der Waals surface area contributed by atoms with Gasteiger partial charge >= 0.3 is 0 Å². The van der Waals surface area contributed by atoms with Gasteiger partial charge in [0.1, 0.15) is 11.2 Å². The van der Waals surface area contributed by atoms with Crippen molar-refractivity contribution in [1.29, 1.82) is 0 Å². The van der Waals surface area contributed by atoms with Gasteiger partial charge in [0.15, 0.2) is 0 Å². The highest BCUT2D eigenvalue weighted by Gasteiger charge is 2.21. The number of benzene rings is 2. The van der Waals surface area contributed by atoms with Crippen LogP contribution in [0.25, 0.3) is 22.9 Å². The highest BCUT2D eigenvalue weighted by Crippen LogP contribution is 2.30. The van der Waals surface area contributed by atoms with Crippen molar-refractivity contribution in [3.05, 3.63) is 53.0 Å². The van der Waals surface area contributed by atoms with E-state index in [0.29, 0.717) is 11.5 Å². The predicted octanol–water partition coefficient (Wildman–Crippen LogP) is 3.44. The molecule has 7 nitrogen and oxygen atoms in total. The number of hydrogen-bond acceptors (Lipinski definition) is 5. The Bertz CT molecular complexity index is 1040. The molecule has 0 saturated heterocycles. The van der Waals surface area contributed by atoms with Gasteiger partial charge in [0.2, 0.25) is 11.8 Å². The molecule has 0 aliphatic heterocycles. The molecule has 0 aliphatic rings. The summed E-state index contributed by atoms with van der Waals surface area (Å²) in [7, 11) is -0.526. The first-order valence-corrected chi connectivity index (χ1v) is 9.76. The third kappa shape index (κ3) is 4.00. The smallest absolute Gasteiger partial charge is 0.284 e. The Hall–Kier alpha value is -2.52. The van der Waals surface area contributed by atoms with E-state index < -0.39 is 10.0 Å². The summed E-state index contributed by atoms with van der Waals surface area (Å²) in [5, 5.41) is 8.02. The summed E-state index contributed by atoms with van der Waals surface area (Å²) >= 11 is 3.37. The molecule has 26 heavy (non-hydrogen) atoms. The molecule has 1 aromatic heterocycles. The fourth-order valence-corrected chi connectivity index (χ4v) is 3.50. The third-order valence-corrected chi connectivity index (χ3v) is 5.14. The van der Waals surface area contributed by atoms with Crippen LogP contribution in [0.1, 0.15) is 0 Å². The minimum absolute atomic E-state index is 0.00380. The predicted molar refractivity (Wildman–Crippen MR) is 102 cm³/mol. The normalized spacial score (nSPS) is 11.8. The second-order valence-corrected chi connectivity index (χ2v) is 8.09. The Balaban J connectivity index is 2.03. The van der Waals surface area contributed by atoms with E-state index in [0.717, 1.165) is 10.0 Å². The van der Waals surface area contributed by atoms with Gasteiger partial charge in [-0.05, 0) is 36.4 Å². The average Bonchev–Trinajstić information content (AvgIpc) is 3.11. The van der Waals surface area contributed by atoms with E-state index >= 15 is 0 Å². The number of nitrogens with zero attached hydrogens (tertiary/aromatic N) is 4. The van der Waals surface area contributed by atoms with Gasteiger partial charge in [-0.3, -0.25) is 0 Å². The Morgan fingerprint density at radius 3 is 2.38 bits per heavy atom. The molecule has 0 atom stereocenters. The Morgan fingerprint density at radius 2 is 1.69 bits per heavy atom. The first kappa shape index (κ1) is 18.3. The van der Waals surface area contributed by atoms with Crippen LogP contribution in [0.2, 0.25) is 0 Å². The maximum absolute atomic E-state index is 12.5. The molecule has 9 heteroatoms. The minimum atomic E-state index is -3.90. The summed E-state index contributed by atoms with van der Waals surface area (Å²) in [5.74, 6) is 0.415. The maximum Gasteiger partial charge on any atom is 0.284 e.